The molecule has 4 N–H and O–H groups in total. The summed E-state index contributed by atoms with van der Waals surface area (Å²) in [6.45, 7) is 0. The number of para-hydroxylation sites is 6. The number of hydrogen-bond donors (Lipinski definition) is 4. The first-order valence-corrected chi connectivity index (χ1v) is 20.4. The summed E-state index contributed by atoms with van der Waals surface area (Å²) in [5.74, 6) is -0.385. The van der Waals surface area contributed by atoms with Crippen LogP contribution in [0.15, 0.2) is 171 Å². The molecule has 4 atom stereocenters. The highest BCUT2D eigenvalue weighted by Crippen LogP contribution is 2.48. The Bertz CT molecular complexity index is 3000. The van der Waals surface area contributed by atoms with Crippen LogP contribution < -0.4 is 20.1 Å². The summed E-state index contributed by atoms with van der Waals surface area (Å²) >= 11 is 0. The van der Waals surface area contributed by atoms with Gasteiger partial charge < -0.3 is 30.1 Å². The first-order valence-electron chi connectivity index (χ1n) is 20.4. The van der Waals surface area contributed by atoms with Crippen LogP contribution in [-0.4, -0.2) is 49.9 Å². The monoisotopic (exact) mass is 814 g/mol. The van der Waals surface area contributed by atoms with Gasteiger partial charge in [-0.2, -0.15) is 0 Å². The molecule has 10 rings (SSSR count). The number of methoxy groups -OCH3 is 2. The number of carbonyl (C=O) groups is 1. The van der Waals surface area contributed by atoms with Crippen molar-refractivity contribution in [2.24, 2.45) is 0 Å². The van der Waals surface area contributed by atoms with Gasteiger partial charge in [-0.05, 0) is 82.9 Å². The van der Waals surface area contributed by atoms with Crippen molar-refractivity contribution in [3.05, 3.63) is 193 Å². The maximum absolute atomic E-state index is 16.9. The molecule has 11 nitrogen and oxygen atoms in total. The Hall–Kier alpha value is -8.05. The molecular weight excluding hydrogens is 773 g/mol. The standard InChI is InChI=1S/C51H42N8O3/c1-61-45-17-9-7-15-41(45)58-49(31-19-21-39-43(27-31)54-25-23-52-39)47(35-29-56-37-13-5-3-11-33(35)37)51(60)48(36-30-57-38-14-6-4-12-34(36)38)50(59-42-16-8-10-18-46(42)62-2)32-20-22-40-44(28-32)55-26-24-53-40/h3-30,47-50,56-59H,1-2H3. The fourth-order valence-electron chi connectivity index (χ4n) is 8.82. The quantitative estimate of drug-likeness (QED) is 0.0843. The lowest BCUT2D eigenvalue weighted by Crippen LogP contribution is -2.34. The number of aromatic amines is 2. The third kappa shape index (κ3) is 7.09. The predicted molar refractivity (Wildman–Crippen MR) is 245 cm³/mol. The number of rotatable bonds is 14. The summed E-state index contributed by atoms with van der Waals surface area (Å²) in [5.41, 5.74) is 9.59. The van der Waals surface area contributed by atoms with Crippen LogP contribution >= 0.6 is 0 Å². The molecule has 0 aliphatic carbocycles. The van der Waals surface area contributed by atoms with Crippen LogP contribution in [0.3, 0.4) is 0 Å². The lowest BCUT2D eigenvalue weighted by molar-refractivity contribution is -0.122. The molecule has 0 aliphatic rings. The van der Waals surface area contributed by atoms with Crippen LogP contribution in [0.2, 0.25) is 0 Å². The Morgan fingerprint density at radius 1 is 0.500 bits per heavy atom. The topological polar surface area (TPSA) is 143 Å². The molecule has 0 aliphatic heterocycles. The van der Waals surface area contributed by atoms with E-state index in [-0.39, 0.29) is 5.78 Å². The normalized spacial score (nSPS) is 13.5. The summed E-state index contributed by atoms with van der Waals surface area (Å²) in [7, 11) is 3.30. The molecule has 4 aromatic heterocycles. The zero-order valence-corrected chi connectivity index (χ0v) is 34.0. The van der Waals surface area contributed by atoms with Crippen LogP contribution in [0.4, 0.5) is 11.4 Å². The van der Waals surface area contributed by atoms with Crippen LogP contribution in [0.25, 0.3) is 43.9 Å². The number of nitrogens with one attached hydrogen (secondary N) is 4. The second-order valence-electron chi connectivity index (χ2n) is 15.2. The summed E-state index contributed by atoms with van der Waals surface area (Å²) in [6, 6.07) is 42.5. The fourth-order valence-corrected chi connectivity index (χ4v) is 8.82. The van der Waals surface area contributed by atoms with Gasteiger partial charge in [-0.15, -0.1) is 0 Å². The van der Waals surface area contributed by atoms with Crippen LogP contribution in [0.1, 0.15) is 46.2 Å². The smallest absolute Gasteiger partial charge is 0.152 e. The zero-order valence-electron chi connectivity index (χ0n) is 34.0. The van der Waals surface area contributed by atoms with Gasteiger partial charge in [-0.3, -0.25) is 24.7 Å². The third-order valence-electron chi connectivity index (χ3n) is 11.7. The number of aromatic nitrogens is 6. The second kappa shape index (κ2) is 16.5. The van der Waals surface area contributed by atoms with Gasteiger partial charge in [-0.1, -0.05) is 72.8 Å². The molecule has 304 valence electrons. The molecule has 4 heterocycles. The summed E-state index contributed by atoms with van der Waals surface area (Å²) in [4.78, 5) is 42.5. The Morgan fingerprint density at radius 2 is 0.903 bits per heavy atom. The number of benzene rings is 6. The van der Waals surface area contributed by atoms with E-state index in [0.29, 0.717) is 22.5 Å². The van der Waals surface area contributed by atoms with Crippen LogP contribution in [0.5, 0.6) is 11.5 Å². The lowest BCUT2D eigenvalue weighted by atomic mass is 9.73. The van der Waals surface area contributed by atoms with Crippen molar-refractivity contribution in [2.45, 2.75) is 23.9 Å². The van der Waals surface area contributed by atoms with Crippen molar-refractivity contribution in [1.29, 1.82) is 0 Å². The van der Waals surface area contributed by atoms with Crippen molar-refractivity contribution in [2.75, 3.05) is 24.9 Å². The minimum Gasteiger partial charge on any atom is -0.495 e. The number of nitrogens with zero attached hydrogens (tertiary/aromatic N) is 4. The molecule has 0 bridgehead atoms. The fraction of sp³-hybridized carbons (Fsp3) is 0.118. The highest BCUT2D eigenvalue weighted by atomic mass is 16.5. The highest BCUT2D eigenvalue weighted by Gasteiger charge is 2.43. The number of H-pyrrole nitrogens is 2. The molecule has 62 heavy (non-hydrogen) atoms. The molecule has 6 aromatic carbocycles. The molecule has 0 amide bonds. The number of anilines is 2. The van der Waals surface area contributed by atoms with Crippen molar-refractivity contribution < 1.29 is 14.3 Å². The van der Waals surface area contributed by atoms with Crippen molar-refractivity contribution in [1.82, 2.24) is 29.9 Å². The SMILES string of the molecule is COc1ccccc1NC(c1ccc2nccnc2c1)C(C(=O)C(c1c[nH]c2ccccc12)C(Nc1ccccc1OC)c1ccc2nccnc2c1)c1c[nH]c2ccccc12. The van der Waals surface area contributed by atoms with E-state index in [4.69, 9.17) is 19.4 Å². The van der Waals surface area contributed by atoms with E-state index in [1.54, 1.807) is 39.0 Å². The van der Waals surface area contributed by atoms with E-state index in [1.807, 2.05) is 134 Å². The average molecular weight is 815 g/mol. The first kappa shape index (κ1) is 38.2. The van der Waals surface area contributed by atoms with Gasteiger partial charge in [0.1, 0.15) is 11.5 Å². The van der Waals surface area contributed by atoms with Crippen LogP contribution in [0, 0.1) is 0 Å². The van der Waals surface area contributed by atoms with Crippen molar-refractivity contribution in [3.63, 3.8) is 0 Å². The molecule has 4 unspecified atom stereocenters. The van der Waals surface area contributed by atoms with Gasteiger partial charge in [0, 0.05) is 59.0 Å². The highest BCUT2D eigenvalue weighted by molar-refractivity contribution is 6.01. The Labute approximate surface area is 357 Å². The number of ether oxygens (including phenoxy) is 2. The Morgan fingerprint density at radius 3 is 1.35 bits per heavy atom. The van der Waals surface area contributed by atoms with Gasteiger partial charge in [0.25, 0.3) is 0 Å². The molecule has 0 spiro atoms. The van der Waals surface area contributed by atoms with E-state index >= 15 is 4.79 Å². The number of Topliss-reactive ketones (excluding diaryl/α,β-unsaturated/α-hetero) is 1. The molecule has 0 saturated heterocycles. The molecule has 10 aromatic rings. The van der Waals surface area contributed by atoms with E-state index in [9.17, 15) is 0 Å². The van der Waals surface area contributed by atoms with Gasteiger partial charge in [0.2, 0.25) is 0 Å². The van der Waals surface area contributed by atoms with E-state index in [1.165, 1.54) is 0 Å². The first-order chi connectivity index (χ1) is 30.6. The maximum atomic E-state index is 16.9. The molecular formula is C51H42N8O3. The second-order valence-corrected chi connectivity index (χ2v) is 15.2. The summed E-state index contributed by atoms with van der Waals surface area (Å²) < 4.78 is 11.8. The largest absolute Gasteiger partial charge is 0.495 e. The Kier molecular flexibility index (Phi) is 10.2. The minimum atomic E-state index is -0.814. The van der Waals surface area contributed by atoms with Gasteiger partial charge in [-0.25, -0.2) is 0 Å². The minimum absolute atomic E-state index is 0.0437. The molecule has 0 saturated carbocycles. The van der Waals surface area contributed by atoms with Gasteiger partial charge >= 0.3 is 0 Å². The average Bonchev–Trinajstić information content (AvgIpc) is 3.96. The third-order valence-corrected chi connectivity index (χ3v) is 11.7. The van der Waals surface area contributed by atoms with E-state index in [0.717, 1.165) is 66.5 Å². The van der Waals surface area contributed by atoms with Crippen molar-refractivity contribution in [3.8, 4) is 11.5 Å². The van der Waals surface area contributed by atoms with Gasteiger partial charge in [0.05, 0.1) is 71.6 Å². The van der Waals surface area contributed by atoms with Gasteiger partial charge in [0.15, 0.2) is 5.78 Å². The molecule has 11 heteroatoms. The summed E-state index contributed by atoms with van der Waals surface area (Å²) in [5, 5.41) is 9.57. The zero-order chi connectivity index (χ0) is 42.0. The number of fused-ring (bicyclic) bond motifs is 4. The lowest BCUT2D eigenvalue weighted by Gasteiger charge is -2.35. The van der Waals surface area contributed by atoms with E-state index in [2.05, 4.69) is 42.7 Å². The number of hydrogen-bond acceptors (Lipinski definition) is 9. The summed E-state index contributed by atoms with van der Waals surface area (Å²) in [6.07, 6.45) is 10.7. The number of ketones is 1. The van der Waals surface area contributed by atoms with Crippen LogP contribution in [-0.2, 0) is 4.79 Å². The van der Waals surface area contributed by atoms with Crippen molar-refractivity contribution >= 4 is 61.0 Å². The predicted octanol–water partition coefficient (Wildman–Crippen LogP) is 10.7. The Balaban J connectivity index is 1.26. The molecule has 0 radical (unpaired) electrons. The molecule has 0 fully saturated rings. The maximum Gasteiger partial charge on any atom is 0.152 e. The number of carbonyl (C=O) groups excluding carboxylic acids is 1. The van der Waals surface area contributed by atoms with E-state index < -0.39 is 23.9 Å².